The molecule has 2 N–H and O–H groups in total. The summed E-state index contributed by atoms with van der Waals surface area (Å²) < 4.78 is 0. The molecule has 0 radical (unpaired) electrons. The Labute approximate surface area is 67.6 Å². The highest BCUT2D eigenvalue weighted by Crippen LogP contribution is 1.93. The first-order chi connectivity index (χ1) is 5.59. The van der Waals surface area contributed by atoms with E-state index in [4.69, 9.17) is 10.2 Å². The summed E-state index contributed by atoms with van der Waals surface area (Å²) in [5.41, 5.74) is 0. The third-order valence-corrected chi connectivity index (χ3v) is 1.21. The lowest BCUT2D eigenvalue weighted by molar-refractivity contribution is -0.146. The van der Waals surface area contributed by atoms with Gasteiger partial charge in [-0.05, 0) is 5.21 Å². The third kappa shape index (κ3) is 1.99. The maximum absolute atomic E-state index is 10.2. The summed E-state index contributed by atoms with van der Waals surface area (Å²) in [6.07, 6.45) is -1.59. The van der Waals surface area contributed by atoms with Crippen LogP contribution in [0.15, 0.2) is 0 Å². The second-order valence-electron chi connectivity index (χ2n) is 2.25. The molecule has 0 aliphatic rings. The van der Waals surface area contributed by atoms with Gasteiger partial charge in [-0.15, -0.1) is 10.2 Å². The predicted octanol–water partition coefficient (Wildman–Crippen LogP) is -1.80. The van der Waals surface area contributed by atoms with Crippen molar-refractivity contribution in [3.8, 4) is 0 Å². The highest BCUT2D eigenvalue weighted by Gasteiger charge is 2.16. The SMILES string of the molecule is Cn1nnc(CC(O)C(=O)O)n1. The number of hydrogen-bond donors (Lipinski definition) is 2. The van der Waals surface area contributed by atoms with E-state index < -0.39 is 12.1 Å². The van der Waals surface area contributed by atoms with E-state index in [0.29, 0.717) is 0 Å². The molecule has 0 bridgehead atoms. The molecule has 12 heavy (non-hydrogen) atoms. The van der Waals surface area contributed by atoms with Gasteiger partial charge in [-0.2, -0.15) is 4.80 Å². The van der Waals surface area contributed by atoms with Gasteiger partial charge in [-0.3, -0.25) is 0 Å². The number of aliphatic hydroxyl groups excluding tert-OH is 1. The molecule has 1 unspecified atom stereocenters. The maximum atomic E-state index is 10.2. The fourth-order valence-electron chi connectivity index (χ4n) is 0.665. The molecule has 1 rings (SSSR count). The molecule has 1 aromatic rings. The standard InChI is InChI=1S/C5H8N4O3/c1-9-7-4(6-8-9)2-3(10)5(11)12/h3,10H,2H2,1H3,(H,11,12). The van der Waals surface area contributed by atoms with E-state index in [1.54, 1.807) is 7.05 Å². The van der Waals surface area contributed by atoms with Gasteiger partial charge in [-0.1, -0.05) is 0 Å². The van der Waals surface area contributed by atoms with Crippen LogP contribution in [0.25, 0.3) is 0 Å². The summed E-state index contributed by atoms with van der Waals surface area (Å²) in [6, 6.07) is 0. The fraction of sp³-hybridized carbons (Fsp3) is 0.600. The molecule has 1 heterocycles. The van der Waals surface area contributed by atoms with Gasteiger partial charge in [-0.25, -0.2) is 4.79 Å². The molecule has 7 heteroatoms. The zero-order valence-corrected chi connectivity index (χ0v) is 6.38. The largest absolute Gasteiger partial charge is 0.479 e. The molecular formula is C5H8N4O3. The van der Waals surface area contributed by atoms with Gasteiger partial charge in [0.1, 0.15) is 0 Å². The molecule has 66 valence electrons. The number of carboxylic acids is 1. The number of carboxylic acid groups (broad SMARTS) is 1. The molecule has 0 aliphatic heterocycles. The predicted molar refractivity (Wildman–Crippen MR) is 36.1 cm³/mol. The number of aromatic nitrogens is 4. The van der Waals surface area contributed by atoms with Gasteiger partial charge in [0.25, 0.3) is 0 Å². The Morgan fingerprint density at radius 1 is 1.75 bits per heavy atom. The monoisotopic (exact) mass is 172 g/mol. The number of carbonyl (C=O) groups is 1. The van der Waals surface area contributed by atoms with Crippen LogP contribution in [0.3, 0.4) is 0 Å². The van der Waals surface area contributed by atoms with E-state index >= 15 is 0 Å². The topological polar surface area (TPSA) is 101 Å². The van der Waals surface area contributed by atoms with Crippen molar-refractivity contribution >= 4 is 5.97 Å². The zero-order chi connectivity index (χ0) is 9.14. The van der Waals surface area contributed by atoms with Gasteiger partial charge >= 0.3 is 5.97 Å². The van der Waals surface area contributed by atoms with Crippen LogP contribution in [-0.2, 0) is 18.3 Å². The summed E-state index contributed by atoms with van der Waals surface area (Å²) in [5.74, 6) is -1.07. The normalized spacial score (nSPS) is 12.8. The van der Waals surface area contributed by atoms with Crippen LogP contribution in [0.1, 0.15) is 5.82 Å². The van der Waals surface area contributed by atoms with E-state index in [1.165, 1.54) is 4.80 Å². The molecule has 0 saturated carbocycles. The lowest BCUT2D eigenvalue weighted by atomic mass is 10.2. The van der Waals surface area contributed by atoms with E-state index in [9.17, 15) is 4.79 Å². The minimum absolute atomic E-state index is 0.122. The molecule has 1 aromatic heterocycles. The average Bonchev–Trinajstić information content (AvgIpc) is 2.35. The zero-order valence-electron chi connectivity index (χ0n) is 6.38. The van der Waals surface area contributed by atoms with Crippen LogP contribution in [-0.4, -0.2) is 42.5 Å². The molecule has 7 nitrogen and oxygen atoms in total. The number of aliphatic hydroxyl groups is 1. The van der Waals surface area contributed by atoms with Crippen molar-refractivity contribution in [3.63, 3.8) is 0 Å². The van der Waals surface area contributed by atoms with E-state index in [2.05, 4.69) is 15.4 Å². The van der Waals surface area contributed by atoms with Crippen LogP contribution < -0.4 is 0 Å². The summed E-state index contributed by atoms with van der Waals surface area (Å²) in [7, 11) is 1.56. The second kappa shape index (κ2) is 3.26. The first-order valence-electron chi connectivity index (χ1n) is 3.23. The number of aryl methyl sites for hydroxylation is 1. The molecule has 0 fully saturated rings. The van der Waals surface area contributed by atoms with Crippen molar-refractivity contribution in [2.24, 2.45) is 7.05 Å². The van der Waals surface area contributed by atoms with Crippen LogP contribution in [0.4, 0.5) is 0 Å². The maximum Gasteiger partial charge on any atom is 0.332 e. The van der Waals surface area contributed by atoms with Crippen LogP contribution in [0.5, 0.6) is 0 Å². The molecule has 1 atom stereocenters. The van der Waals surface area contributed by atoms with Gasteiger partial charge < -0.3 is 10.2 Å². The Kier molecular flexibility index (Phi) is 2.34. The van der Waals surface area contributed by atoms with Crippen molar-refractivity contribution in [2.45, 2.75) is 12.5 Å². The highest BCUT2D eigenvalue weighted by molar-refractivity contribution is 5.72. The van der Waals surface area contributed by atoms with Gasteiger partial charge in [0.05, 0.1) is 7.05 Å². The lowest BCUT2D eigenvalue weighted by Gasteiger charge is -1.98. The number of rotatable bonds is 3. The van der Waals surface area contributed by atoms with E-state index in [-0.39, 0.29) is 12.2 Å². The molecular weight excluding hydrogens is 164 g/mol. The third-order valence-electron chi connectivity index (χ3n) is 1.21. The number of nitrogens with zero attached hydrogens (tertiary/aromatic N) is 4. The fourth-order valence-corrected chi connectivity index (χ4v) is 0.665. The molecule has 0 aliphatic carbocycles. The van der Waals surface area contributed by atoms with E-state index in [1.807, 2.05) is 0 Å². The van der Waals surface area contributed by atoms with E-state index in [0.717, 1.165) is 0 Å². The van der Waals surface area contributed by atoms with Crippen LogP contribution in [0, 0.1) is 0 Å². The average molecular weight is 172 g/mol. The van der Waals surface area contributed by atoms with Crippen LogP contribution in [0.2, 0.25) is 0 Å². The first-order valence-corrected chi connectivity index (χ1v) is 3.23. The number of hydrogen-bond acceptors (Lipinski definition) is 5. The summed E-state index contributed by atoms with van der Waals surface area (Å²) in [6.45, 7) is 0. The smallest absolute Gasteiger partial charge is 0.332 e. The van der Waals surface area contributed by atoms with Crippen molar-refractivity contribution in [1.29, 1.82) is 0 Å². The lowest BCUT2D eigenvalue weighted by Crippen LogP contribution is -2.22. The Morgan fingerprint density at radius 3 is 2.83 bits per heavy atom. The Balaban J connectivity index is 2.58. The quantitative estimate of drug-likeness (QED) is 0.557. The molecule has 0 aromatic carbocycles. The highest BCUT2D eigenvalue weighted by atomic mass is 16.4. The summed E-state index contributed by atoms with van der Waals surface area (Å²) in [5, 5.41) is 27.9. The van der Waals surface area contributed by atoms with Gasteiger partial charge in [0.2, 0.25) is 0 Å². The minimum Gasteiger partial charge on any atom is -0.479 e. The molecule has 0 saturated heterocycles. The summed E-state index contributed by atoms with van der Waals surface area (Å²) in [4.78, 5) is 11.4. The molecule has 0 spiro atoms. The Bertz CT molecular complexity index is 284. The van der Waals surface area contributed by atoms with Gasteiger partial charge in [0.15, 0.2) is 11.9 Å². The Hall–Kier alpha value is -1.50. The Morgan fingerprint density at radius 2 is 2.42 bits per heavy atom. The first kappa shape index (κ1) is 8.60. The number of aliphatic carboxylic acids is 1. The van der Waals surface area contributed by atoms with Crippen molar-refractivity contribution in [1.82, 2.24) is 20.2 Å². The van der Waals surface area contributed by atoms with Crippen molar-refractivity contribution < 1.29 is 15.0 Å². The van der Waals surface area contributed by atoms with Gasteiger partial charge in [0, 0.05) is 6.42 Å². The second-order valence-corrected chi connectivity index (χ2v) is 2.25. The minimum atomic E-state index is -1.46. The van der Waals surface area contributed by atoms with Crippen LogP contribution >= 0.6 is 0 Å². The van der Waals surface area contributed by atoms with Crippen molar-refractivity contribution in [3.05, 3.63) is 5.82 Å². The summed E-state index contributed by atoms with van der Waals surface area (Å²) >= 11 is 0. The molecule has 0 amide bonds. The van der Waals surface area contributed by atoms with Crippen molar-refractivity contribution in [2.75, 3.05) is 0 Å². The number of tetrazole rings is 1.